The predicted molar refractivity (Wildman–Crippen MR) is 122 cm³/mol. The summed E-state index contributed by atoms with van der Waals surface area (Å²) in [7, 11) is -0.750. The van der Waals surface area contributed by atoms with E-state index in [0.29, 0.717) is 54.7 Å². The molecule has 1 N–H and O–H groups in total. The first-order chi connectivity index (χ1) is 16.4. The van der Waals surface area contributed by atoms with Gasteiger partial charge in [-0.1, -0.05) is 0 Å². The number of amides is 1. The largest absolute Gasteiger partial charge is 0.493 e. The fourth-order valence-electron chi connectivity index (χ4n) is 3.94. The number of benzene rings is 2. The van der Waals surface area contributed by atoms with Crippen molar-refractivity contribution in [2.45, 2.75) is 17.7 Å². The van der Waals surface area contributed by atoms with Crippen LogP contribution in [0.2, 0.25) is 0 Å². The van der Waals surface area contributed by atoms with Gasteiger partial charge in [0.2, 0.25) is 22.7 Å². The average Bonchev–Trinajstić information content (AvgIpc) is 3.34. The Morgan fingerprint density at radius 3 is 2.50 bits per heavy atom. The van der Waals surface area contributed by atoms with E-state index >= 15 is 0 Å². The topological polar surface area (TPSA) is 113 Å². The molecule has 184 valence electrons. The summed E-state index contributed by atoms with van der Waals surface area (Å²) in [5.41, 5.74) is 0. The second-order valence-electron chi connectivity index (χ2n) is 7.85. The molecule has 0 spiro atoms. The fraction of sp³-hybridized carbons (Fsp3) is 0.435. The van der Waals surface area contributed by atoms with Gasteiger partial charge in [0.05, 0.1) is 25.7 Å². The van der Waals surface area contributed by atoms with Gasteiger partial charge in [-0.05, 0) is 37.1 Å². The van der Waals surface area contributed by atoms with Gasteiger partial charge in [-0.2, -0.15) is 4.31 Å². The van der Waals surface area contributed by atoms with Gasteiger partial charge in [0.15, 0.2) is 23.0 Å². The lowest BCUT2D eigenvalue weighted by atomic mass is 9.97. The second kappa shape index (κ2) is 10.4. The summed E-state index contributed by atoms with van der Waals surface area (Å²) in [6, 6.07) is 9.82. The van der Waals surface area contributed by atoms with E-state index in [-0.39, 0.29) is 36.6 Å². The molecule has 0 saturated carbocycles. The van der Waals surface area contributed by atoms with Crippen molar-refractivity contribution in [1.29, 1.82) is 0 Å². The molecule has 4 rings (SSSR count). The van der Waals surface area contributed by atoms with E-state index in [1.807, 2.05) is 0 Å². The number of carbonyl (C=O) groups excluding carboxylic acids is 1. The van der Waals surface area contributed by atoms with Crippen molar-refractivity contribution in [2.75, 3.05) is 47.3 Å². The fourth-order valence-corrected chi connectivity index (χ4v) is 5.42. The van der Waals surface area contributed by atoms with Crippen molar-refractivity contribution in [3.05, 3.63) is 36.4 Å². The lowest BCUT2D eigenvalue weighted by Gasteiger charge is -2.30. The zero-order valence-electron chi connectivity index (χ0n) is 19.1. The van der Waals surface area contributed by atoms with Crippen LogP contribution in [0.15, 0.2) is 41.3 Å². The van der Waals surface area contributed by atoms with Crippen molar-refractivity contribution in [3.63, 3.8) is 0 Å². The number of piperidine rings is 1. The standard InChI is InChI=1S/C23H28N2O8S/c1-29-19-6-4-18(14-21(19)30-2)34(27,28)25-10-7-16(8-11-25)23(26)24-9-12-31-17-3-5-20-22(13-17)33-15-32-20/h3-6,13-14,16H,7-12,15H2,1-2H3,(H,24,26). The van der Waals surface area contributed by atoms with E-state index in [1.54, 1.807) is 24.3 Å². The molecule has 0 radical (unpaired) electrons. The number of hydrogen-bond donors (Lipinski definition) is 1. The Labute approximate surface area is 198 Å². The van der Waals surface area contributed by atoms with Gasteiger partial charge in [0, 0.05) is 31.1 Å². The monoisotopic (exact) mass is 492 g/mol. The molecule has 0 aromatic heterocycles. The third-order valence-electron chi connectivity index (χ3n) is 5.83. The average molecular weight is 493 g/mol. The van der Waals surface area contributed by atoms with Gasteiger partial charge in [0.1, 0.15) is 12.4 Å². The van der Waals surface area contributed by atoms with E-state index < -0.39 is 10.0 Å². The normalized spacial score (nSPS) is 16.2. The van der Waals surface area contributed by atoms with Crippen molar-refractivity contribution in [3.8, 4) is 28.7 Å². The molecule has 2 heterocycles. The van der Waals surface area contributed by atoms with E-state index in [4.69, 9.17) is 23.7 Å². The maximum atomic E-state index is 13.0. The first kappa shape index (κ1) is 24.0. The number of fused-ring (bicyclic) bond motifs is 1. The quantitative estimate of drug-likeness (QED) is 0.529. The van der Waals surface area contributed by atoms with Gasteiger partial charge in [-0.15, -0.1) is 0 Å². The summed E-state index contributed by atoms with van der Waals surface area (Å²) in [6.45, 7) is 1.38. The van der Waals surface area contributed by atoms with Crippen molar-refractivity contribution >= 4 is 15.9 Å². The lowest BCUT2D eigenvalue weighted by molar-refractivity contribution is -0.126. The molecule has 0 unspecified atom stereocenters. The third kappa shape index (κ3) is 5.15. The maximum absolute atomic E-state index is 13.0. The summed E-state index contributed by atoms with van der Waals surface area (Å²) in [5, 5.41) is 2.87. The number of hydrogen-bond acceptors (Lipinski definition) is 8. The van der Waals surface area contributed by atoms with Crippen LogP contribution >= 0.6 is 0 Å². The highest BCUT2D eigenvalue weighted by Gasteiger charge is 2.32. The Morgan fingerprint density at radius 2 is 1.76 bits per heavy atom. The molecule has 0 atom stereocenters. The lowest BCUT2D eigenvalue weighted by Crippen LogP contribution is -2.43. The van der Waals surface area contributed by atoms with Crippen molar-refractivity contribution < 1.29 is 36.9 Å². The molecular formula is C23H28N2O8S. The minimum absolute atomic E-state index is 0.0996. The van der Waals surface area contributed by atoms with Crippen LogP contribution in [0.1, 0.15) is 12.8 Å². The molecule has 0 aliphatic carbocycles. The number of methoxy groups -OCH3 is 2. The number of carbonyl (C=O) groups is 1. The third-order valence-corrected chi connectivity index (χ3v) is 7.73. The Balaban J connectivity index is 1.24. The van der Waals surface area contributed by atoms with E-state index in [2.05, 4.69) is 5.32 Å². The molecule has 2 aromatic carbocycles. The van der Waals surface area contributed by atoms with Gasteiger partial charge in [0.25, 0.3) is 0 Å². The Hall–Kier alpha value is -3.18. The molecule has 10 nitrogen and oxygen atoms in total. The predicted octanol–water partition coefficient (Wildman–Crippen LogP) is 2.03. The number of nitrogens with zero attached hydrogens (tertiary/aromatic N) is 1. The Bertz CT molecular complexity index is 1130. The van der Waals surface area contributed by atoms with E-state index in [9.17, 15) is 13.2 Å². The van der Waals surface area contributed by atoms with Crippen molar-refractivity contribution in [1.82, 2.24) is 9.62 Å². The SMILES string of the molecule is COc1ccc(S(=O)(=O)N2CCC(C(=O)NCCOc3ccc4c(c3)OCO4)CC2)cc1OC. The van der Waals surface area contributed by atoms with Crippen LogP contribution in [0, 0.1) is 5.92 Å². The van der Waals surface area contributed by atoms with Crippen LogP contribution in [-0.2, 0) is 14.8 Å². The summed E-state index contributed by atoms with van der Waals surface area (Å²) in [6.07, 6.45) is 0.892. The van der Waals surface area contributed by atoms with Gasteiger partial charge < -0.3 is 29.0 Å². The van der Waals surface area contributed by atoms with Crippen LogP contribution < -0.4 is 29.0 Å². The smallest absolute Gasteiger partial charge is 0.243 e. The molecule has 2 aliphatic rings. The first-order valence-corrected chi connectivity index (χ1v) is 12.4. The number of nitrogens with one attached hydrogen (secondary N) is 1. The summed E-state index contributed by atoms with van der Waals surface area (Å²) < 4.78 is 54.1. The van der Waals surface area contributed by atoms with Gasteiger partial charge >= 0.3 is 0 Å². The highest BCUT2D eigenvalue weighted by atomic mass is 32.2. The summed E-state index contributed by atoms with van der Waals surface area (Å²) in [4.78, 5) is 12.7. The molecule has 2 aromatic rings. The Kier molecular flexibility index (Phi) is 7.32. The molecule has 1 fully saturated rings. The van der Waals surface area contributed by atoms with E-state index in [0.717, 1.165) is 0 Å². The molecular weight excluding hydrogens is 464 g/mol. The number of rotatable bonds is 9. The number of sulfonamides is 1. The van der Waals surface area contributed by atoms with Gasteiger partial charge in [-0.25, -0.2) is 8.42 Å². The van der Waals surface area contributed by atoms with Gasteiger partial charge in [-0.3, -0.25) is 4.79 Å². The molecule has 11 heteroatoms. The molecule has 1 amide bonds. The van der Waals surface area contributed by atoms with Crippen LogP contribution in [0.4, 0.5) is 0 Å². The zero-order chi connectivity index (χ0) is 24.1. The summed E-state index contributed by atoms with van der Waals surface area (Å²) >= 11 is 0. The van der Waals surface area contributed by atoms with Crippen LogP contribution in [-0.4, -0.2) is 65.9 Å². The second-order valence-corrected chi connectivity index (χ2v) is 9.79. The minimum Gasteiger partial charge on any atom is -0.493 e. The maximum Gasteiger partial charge on any atom is 0.243 e. The molecule has 1 saturated heterocycles. The first-order valence-electron chi connectivity index (χ1n) is 10.9. The highest BCUT2D eigenvalue weighted by molar-refractivity contribution is 7.89. The molecule has 34 heavy (non-hydrogen) atoms. The number of ether oxygens (including phenoxy) is 5. The highest BCUT2D eigenvalue weighted by Crippen LogP contribution is 2.35. The van der Waals surface area contributed by atoms with Crippen molar-refractivity contribution in [2.24, 2.45) is 5.92 Å². The van der Waals surface area contributed by atoms with E-state index in [1.165, 1.54) is 30.7 Å². The zero-order valence-corrected chi connectivity index (χ0v) is 19.9. The van der Waals surface area contributed by atoms with Crippen LogP contribution in [0.25, 0.3) is 0 Å². The van der Waals surface area contributed by atoms with Crippen LogP contribution in [0.3, 0.4) is 0 Å². The van der Waals surface area contributed by atoms with Crippen LogP contribution in [0.5, 0.6) is 28.7 Å². The molecule has 0 bridgehead atoms. The minimum atomic E-state index is -3.70. The molecule has 2 aliphatic heterocycles. The summed E-state index contributed by atoms with van der Waals surface area (Å²) in [5.74, 6) is 2.41. The Morgan fingerprint density at radius 1 is 1.03 bits per heavy atom.